The number of nitrogens with one attached hydrogen (secondary N) is 1. The molecule has 7 nitrogen and oxygen atoms in total. The number of hydrogen-bond acceptors (Lipinski definition) is 6. The Hall–Kier alpha value is -2.22. The molecule has 1 rings (SSSR count). The summed E-state index contributed by atoms with van der Waals surface area (Å²) in [5.41, 5.74) is 4.01. The topological polar surface area (TPSA) is 97.2 Å². The fourth-order valence-electron chi connectivity index (χ4n) is 1.86. The van der Waals surface area contributed by atoms with Crippen LogP contribution in [0.5, 0.6) is 5.75 Å². The lowest BCUT2D eigenvalue weighted by Gasteiger charge is -2.18. The predicted octanol–water partition coefficient (Wildman–Crippen LogP) is 3.26. The molecule has 0 saturated carbocycles. The number of thioether (sulfide) groups is 1. The van der Waals surface area contributed by atoms with Gasteiger partial charge in [0, 0.05) is 11.3 Å². The highest BCUT2D eigenvalue weighted by atomic mass is 32.2. The first-order valence-corrected chi connectivity index (χ1v) is 8.78. The van der Waals surface area contributed by atoms with Crippen LogP contribution in [-0.4, -0.2) is 41.3 Å². The lowest BCUT2D eigenvalue weighted by molar-refractivity contribution is -0.133. The first-order chi connectivity index (χ1) is 11.6. The Labute approximate surface area is 151 Å². The van der Waals surface area contributed by atoms with Gasteiger partial charge in [-0.15, -0.1) is 11.8 Å². The standard InChI is InChI=1S/C17H24N2O5S/c1-11(18-19-16(22)24-17(2,3)4)12-6-7-14(23-5)13(8-12)9-25-10-15(20)21/h6-8H,9-10H2,1-5H3,(H,19,22)(H,20,21)/b18-11-. The number of hydrazone groups is 1. The minimum absolute atomic E-state index is 0.0145. The number of carboxylic acid groups (broad SMARTS) is 1. The number of aliphatic carboxylic acids is 1. The maximum atomic E-state index is 11.6. The summed E-state index contributed by atoms with van der Waals surface area (Å²) < 4.78 is 10.4. The number of carbonyl (C=O) groups is 2. The van der Waals surface area contributed by atoms with E-state index in [4.69, 9.17) is 14.6 Å². The van der Waals surface area contributed by atoms with E-state index < -0.39 is 17.7 Å². The van der Waals surface area contributed by atoms with E-state index in [0.29, 0.717) is 17.2 Å². The van der Waals surface area contributed by atoms with Crippen molar-refractivity contribution in [3.63, 3.8) is 0 Å². The summed E-state index contributed by atoms with van der Waals surface area (Å²) in [5.74, 6) is 0.325. The Morgan fingerprint density at radius 2 is 2.00 bits per heavy atom. The Bertz CT molecular complexity index is 653. The summed E-state index contributed by atoms with van der Waals surface area (Å²) in [5, 5.41) is 12.8. The van der Waals surface area contributed by atoms with E-state index in [1.807, 2.05) is 12.1 Å². The molecule has 0 aromatic heterocycles. The summed E-state index contributed by atoms with van der Waals surface area (Å²) in [6.07, 6.45) is -0.627. The summed E-state index contributed by atoms with van der Waals surface area (Å²) >= 11 is 1.28. The van der Waals surface area contributed by atoms with Crippen LogP contribution in [0.4, 0.5) is 4.79 Å². The van der Waals surface area contributed by atoms with Crippen molar-refractivity contribution in [1.82, 2.24) is 5.43 Å². The van der Waals surface area contributed by atoms with Gasteiger partial charge in [0.25, 0.3) is 0 Å². The van der Waals surface area contributed by atoms with Gasteiger partial charge in [0.1, 0.15) is 11.4 Å². The maximum absolute atomic E-state index is 11.6. The average Bonchev–Trinajstić information content (AvgIpc) is 2.50. The quantitative estimate of drug-likeness (QED) is 0.566. The molecule has 2 N–H and O–H groups in total. The van der Waals surface area contributed by atoms with Crippen molar-refractivity contribution in [2.75, 3.05) is 12.9 Å². The number of methoxy groups -OCH3 is 1. The molecule has 0 saturated heterocycles. The van der Waals surface area contributed by atoms with Gasteiger partial charge in [-0.2, -0.15) is 5.10 Å². The van der Waals surface area contributed by atoms with Gasteiger partial charge in [-0.25, -0.2) is 10.2 Å². The number of ether oxygens (including phenoxy) is 2. The zero-order chi connectivity index (χ0) is 19.0. The average molecular weight is 368 g/mol. The minimum atomic E-state index is -0.862. The van der Waals surface area contributed by atoms with Crippen LogP contribution in [0.15, 0.2) is 23.3 Å². The molecule has 1 amide bonds. The second kappa shape index (κ2) is 9.31. The summed E-state index contributed by atoms with van der Waals surface area (Å²) in [7, 11) is 1.56. The molecule has 1 aromatic rings. The van der Waals surface area contributed by atoms with Crippen LogP contribution in [0.25, 0.3) is 0 Å². The van der Waals surface area contributed by atoms with Crippen LogP contribution in [0.3, 0.4) is 0 Å². The Morgan fingerprint density at radius 1 is 1.32 bits per heavy atom. The Morgan fingerprint density at radius 3 is 2.56 bits per heavy atom. The van der Waals surface area contributed by atoms with Gasteiger partial charge >= 0.3 is 12.1 Å². The van der Waals surface area contributed by atoms with Gasteiger partial charge in [-0.1, -0.05) is 0 Å². The zero-order valence-corrected chi connectivity index (χ0v) is 15.9. The molecule has 0 bridgehead atoms. The van der Waals surface area contributed by atoms with Crippen LogP contribution in [0.1, 0.15) is 38.8 Å². The number of hydrogen-bond donors (Lipinski definition) is 2. The monoisotopic (exact) mass is 368 g/mol. The normalized spacial score (nSPS) is 11.8. The van der Waals surface area contributed by atoms with Crippen molar-refractivity contribution in [1.29, 1.82) is 0 Å². The van der Waals surface area contributed by atoms with Gasteiger partial charge < -0.3 is 14.6 Å². The van der Waals surface area contributed by atoms with Crippen LogP contribution in [0, 0.1) is 0 Å². The number of benzene rings is 1. The summed E-state index contributed by atoms with van der Waals surface area (Å²) in [6.45, 7) is 7.07. The van der Waals surface area contributed by atoms with Crippen molar-refractivity contribution >= 4 is 29.5 Å². The van der Waals surface area contributed by atoms with Gasteiger partial charge in [-0.05, 0) is 51.5 Å². The molecule has 0 aliphatic heterocycles. The van der Waals surface area contributed by atoms with E-state index in [1.165, 1.54) is 11.8 Å². The molecular formula is C17H24N2O5S. The molecule has 0 aliphatic rings. The second-order valence-electron chi connectivity index (χ2n) is 6.22. The van der Waals surface area contributed by atoms with Crippen molar-refractivity contribution in [2.45, 2.75) is 39.0 Å². The number of rotatable bonds is 7. The molecule has 8 heteroatoms. The number of carboxylic acids is 1. The fourth-order valence-corrected chi connectivity index (χ4v) is 2.58. The smallest absolute Gasteiger partial charge is 0.428 e. The zero-order valence-electron chi connectivity index (χ0n) is 15.1. The molecule has 0 radical (unpaired) electrons. The van der Waals surface area contributed by atoms with E-state index in [1.54, 1.807) is 40.9 Å². The van der Waals surface area contributed by atoms with Crippen molar-refractivity contribution in [2.24, 2.45) is 5.10 Å². The van der Waals surface area contributed by atoms with Gasteiger partial charge in [0.2, 0.25) is 0 Å². The summed E-state index contributed by atoms with van der Waals surface area (Å²) in [6, 6.07) is 5.47. The van der Waals surface area contributed by atoms with E-state index in [0.717, 1.165) is 11.1 Å². The molecule has 1 aromatic carbocycles. The molecule has 25 heavy (non-hydrogen) atoms. The number of carbonyl (C=O) groups excluding carboxylic acids is 1. The third kappa shape index (κ3) is 7.93. The van der Waals surface area contributed by atoms with E-state index >= 15 is 0 Å². The predicted molar refractivity (Wildman–Crippen MR) is 98.4 cm³/mol. The largest absolute Gasteiger partial charge is 0.496 e. The Balaban J connectivity index is 2.83. The highest BCUT2D eigenvalue weighted by molar-refractivity contribution is 7.99. The molecule has 0 aliphatic carbocycles. The third-order valence-corrected chi connectivity index (χ3v) is 3.86. The van der Waals surface area contributed by atoms with Gasteiger partial charge in [0.15, 0.2) is 0 Å². The van der Waals surface area contributed by atoms with Crippen molar-refractivity contribution in [3.8, 4) is 5.75 Å². The van der Waals surface area contributed by atoms with E-state index in [9.17, 15) is 9.59 Å². The van der Waals surface area contributed by atoms with Crippen LogP contribution >= 0.6 is 11.8 Å². The first-order valence-electron chi connectivity index (χ1n) is 7.62. The molecule has 0 fully saturated rings. The first kappa shape index (κ1) is 20.8. The maximum Gasteiger partial charge on any atom is 0.428 e. The summed E-state index contributed by atoms with van der Waals surface area (Å²) in [4.78, 5) is 22.3. The molecule has 0 unspecified atom stereocenters. The third-order valence-electron chi connectivity index (χ3n) is 2.90. The SMILES string of the molecule is COc1ccc(/C(C)=N\NC(=O)OC(C)(C)C)cc1CSCC(=O)O. The highest BCUT2D eigenvalue weighted by Gasteiger charge is 2.15. The van der Waals surface area contributed by atoms with E-state index in [-0.39, 0.29) is 5.75 Å². The number of amides is 1. The second-order valence-corrected chi connectivity index (χ2v) is 7.21. The Kier molecular flexibility index (Phi) is 7.76. The van der Waals surface area contributed by atoms with Crippen molar-refractivity contribution in [3.05, 3.63) is 29.3 Å². The molecule has 0 spiro atoms. The van der Waals surface area contributed by atoms with Gasteiger partial charge in [-0.3, -0.25) is 4.79 Å². The van der Waals surface area contributed by atoms with E-state index in [2.05, 4.69) is 10.5 Å². The lowest BCUT2D eigenvalue weighted by atomic mass is 10.1. The van der Waals surface area contributed by atoms with Crippen LogP contribution in [-0.2, 0) is 15.3 Å². The molecule has 0 heterocycles. The van der Waals surface area contributed by atoms with Crippen LogP contribution < -0.4 is 10.2 Å². The number of nitrogens with zero attached hydrogens (tertiary/aromatic N) is 1. The minimum Gasteiger partial charge on any atom is -0.496 e. The molecule has 0 atom stereocenters. The van der Waals surface area contributed by atoms with Crippen LogP contribution in [0.2, 0.25) is 0 Å². The molecular weight excluding hydrogens is 344 g/mol. The van der Waals surface area contributed by atoms with Gasteiger partial charge in [0.05, 0.1) is 18.6 Å². The van der Waals surface area contributed by atoms with Crippen molar-refractivity contribution < 1.29 is 24.2 Å². The highest BCUT2D eigenvalue weighted by Crippen LogP contribution is 2.25. The fraction of sp³-hybridized carbons (Fsp3) is 0.471. The molecule has 138 valence electrons. The lowest BCUT2D eigenvalue weighted by Crippen LogP contribution is -2.30.